The van der Waals surface area contributed by atoms with Crippen molar-refractivity contribution in [3.63, 3.8) is 0 Å². The van der Waals surface area contributed by atoms with E-state index in [0.29, 0.717) is 12.1 Å². The molecular formula is C19H26N4O. The summed E-state index contributed by atoms with van der Waals surface area (Å²) in [4.78, 5) is 20.7. The van der Waals surface area contributed by atoms with E-state index in [0.717, 1.165) is 24.5 Å². The lowest BCUT2D eigenvalue weighted by Gasteiger charge is -2.12. The van der Waals surface area contributed by atoms with Gasteiger partial charge in [0.1, 0.15) is 11.6 Å². The summed E-state index contributed by atoms with van der Waals surface area (Å²) in [5.41, 5.74) is 0. The Hall–Kier alpha value is -2.43. The predicted molar refractivity (Wildman–Crippen MR) is 97.5 cm³/mol. The summed E-state index contributed by atoms with van der Waals surface area (Å²) in [7, 11) is 0. The maximum Gasteiger partial charge on any atom is 0.178 e. The molecule has 0 N–H and O–H groups in total. The normalized spacial score (nSPS) is 14.5. The fraction of sp³-hybridized carbons (Fsp3) is 0.421. The summed E-state index contributed by atoms with van der Waals surface area (Å²) < 4.78 is 4.15. The van der Waals surface area contributed by atoms with Gasteiger partial charge in [0, 0.05) is 36.9 Å². The first-order valence-corrected chi connectivity index (χ1v) is 8.52. The van der Waals surface area contributed by atoms with Gasteiger partial charge in [-0.2, -0.15) is 0 Å². The lowest BCUT2D eigenvalue weighted by Crippen LogP contribution is -2.05. The highest BCUT2D eigenvalue weighted by atomic mass is 16.1. The molecule has 0 saturated heterocycles. The molecule has 0 aliphatic carbocycles. The van der Waals surface area contributed by atoms with Crippen LogP contribution in [0.1, 0.15) is 64.3 Å². The number of hydrogen-bond acceptors (Lipinski definition) is 3. The molecule has 0 aromatic carbocycles. The highest BCUT2D eigenvalue weighted by Crippen LogP contribution is 2.15. The third kappa shape index (κ3) is 4.31. The fourth-order valence-corrected chi connectivity index (χ4v) is 2.42. The van der Waals surface area contributed by atoms with Crippen molar-refractivity contribution >= 4 is 17.9 Å². The first-order chi connectivity index (χ1) is 11.6. The molecule has 24 heavy (non-hydrogen) atoms. The van der Waals surface area contributed by atoms with E-state index in [2.05, 4.69) is 46.8 Å². The topological polar surface area (TPSA) is 52.7 Å². The number of ketones is 1. The first-order valence-electron chi connectivity index (χ1n) is 8.52. The average molecular weight is 326 g/mol. The summed E-state index contributed by atoms with van der Waals surface area (Å²) in [6.07, 6.45) is 16.1. The number of allylic oxidation sites excluding steroid dienone is 2. The van der Waals surface area contributed by atoms with Crippen LogP contribution < -0.4 is 0 Å². The molecule has 128 valence electrons. The quantitative estimate of drug-likeness (QED) is 0.679. The molecule has 5 nitrogen and oxygen atoms in total. The molecule has 2 unspecified atom stereocenters. The molecule has 0 aliphatic heterocycles. The Morgan fingerprint density at radius 2 is 1.38 bits per heavy atom. The second kappa shape index (κ2) is 8.43. The van der Waals surface area contributed by atoms with Crippen LogP contribution in [0, 0.1) is 0 Å². The monoisotopic (exact) mass is 326 g/mol. The molecule has 5 heteroatoms. The number of carbonyl (C=O) groups is 1. The van der Waals surface area contributed by atoms with E-state index in [4.69, 9.17) is 0 Å². The second-order valence-corrected chi connectivity index (χ2v) is 5.97. The smallest absolute Gasteiger partial charge is 0.178 e. The predicted octanol–water partition coefficient (Wildman–Crippen LogP) is 4.32. The lowest BCUT2D eigenvalue weighted by atomic mass is 10.2. The molecule has 2 aromatic heterocycles. The lowest BCUT2D eigenvalue weighted by molar-refractivity contribution is -0.110. The van der Waals surface area contributed by atoms with Crippen LogP contribution in [0.4, 0.5) is 0 Å². The van der Waals surface area contributed by atoms with Crippen LogP contribution in [0.3, 0.4) is 0 Å². The molecule has 0 fully saturated rings. The molecule has 0 saturated carbocycles. The zero-order valence-corrected chi connectivity index (χ0v) is 14.9. The molecule has 0 amide bonds. The summed E-state index contributed by atoms with van der Waals surface area (Å²) in [5.74, 6) is 1.52. The van der Waals surface area contributed by atoms with Gasteiger partial charge >= 0.3 is 0 Å². The van der Waals surface area contributed by atoms with E-state index in [-0.39, 0.29) is 5.78 Å². The van der Waals surface area contributed by atoms with Crippen LogP contribution >= 0.6 is 0 Å². The highest BCUT2D eigenvalue weighted by Gasteiger charge is 2.07. The number of nitrogens with zero attached hydrogens (tertiary/aromatic N) is 4. The molecule has 2 heterocycles. The Morgan fingerprint density at radius 1 is 0.958 bits per heavy atom. The van der Waals surface area contributed by atoms with Gasteiger partial charge in [-0.3, -0.25) is 4.79 Å². The van der Waals surface area contributed by atoms with E-state index in [1.54, 1.807) is 36.7 Å². The molecule has 2 rings (SSSR count). The Balaban J connectivity index is 2.06. The zero-order chi connectivity index (χ0) is 17.5. The number of imidazole rings is 2. The minimum atomic E-state index is -0.0765. The van der Waals surface area contributed by atoms with Gasteiger partial charge in [-0.1, -0.05) is 13.8 Å². The van der Waals surface area contributed by atoms with Crippen LogP contribution in [0.5, 0.6) is 0 Å². The van der Waals surface area contributed by atoms with Crippen molar-refractivity contribution in [1.29, 1.82) is 0 Å². The van der Waals surface area contributed by atoms with Crippen molar-refractivity contribution in [3.8, 4) is 0 Å². The van der Waals surface area contributed by atoms with Crippen molar-refractivity contribution in [1.82, 2.24) is 19.1 Å². The number of aromatic nitrogens is 4. The van der Waals surface area contributed by atoms with Gasteiger partial charge in [0.2, 0.25) is 0 Å². The van der Waals surface area contributed by atoms with Crippen molar-refractivity contribution in [3.05, 3.63) is 48.6 Å². The molecule has 0 aliphatic rings. The SMILES string of the molecule is CCC(C)n1ccnc1/C=C/C(=O)/C=C/c1nccn1C(C)CC. The van der Waals surface area contributed by atoms with Crippen LogP contribution in [0.25, 0.3) is 12.2 Å². The van der Waals surface area contributed by atoms with E-state index in [9.17, 15) is 4.79 Å². The van der Waals surface area contributed by atoms with Gasteiger partial charge in [0.05, 0.1) is 0 Å². The van der Waals surface area contributed by atoms with E-state index in [1.165, 1.54) is 0 Å². The van der Waals surface area contributed by atoms with Crippen LogP contribution in [0.15, 0.2) is 36.9 Å². The summed E-state index contributed by atoms with van der Waals surface area (Å²) in [6.45, 7) is 8.53. The van der Waals surface area contributed by atoms with Gasteiger partial charge in [-0.05, 0) is 51.0 Å². The summed E-state index contributed by atoms with van der Waals surface area (Å²) >= 11 is 0. The Bertz CT molecular complexity index is 663. The van der Waals surface area contributed by atoms with E-state index < -0.39 is 0 Å². The van der Waals surface area contributed by atoms with Crippen molar-refractivity contribution in [2.24, 2.45) is 0 Å². The third-order valence-electron chi connectivity index (χ3n) is 4.32. The van der Waals surface area contributed by atoms with Crippen LogP contribution in [-0.2, 0) is 4.79 Å². The van der Waals surface area contributed by atoms with Gasteiger partial charge in [0.15, 0.2) is 5.78 Å². The number of hydrogen-bond donors (Lipinski definition) is 0. The van der Waals surface area contributed by atoms with Gasteiger partial charge in [-0.15, -0.1) is 0 Å². The number of rotatable bonds is 8. The Kier molecular flexibility index (Phi) is 6.29. The molecule has 0 radical (unpaired) electrons. The van der Waals surface area contributed by atoms with Gasteiger partial charge in [-0.25, -0.2) is 9.97 Å². The number of carbonyl (C=O) groups excluding carboxylic acids is 1. The summed E-state index contributed by atoms with van der Waals surface area (Å²) in [6, 6.07) is 0.724. The molecule has 2 atom stereocenters. The minimum absolute atomic E-state index is 0.0765. The molecule has 0 bridgehead atoms. The molecule has 0 spiro atoms. The largest absolute Gasteiger partial charge is 0.329 e. The minimum Gasteiger partial charge on any atom is -0.329 e. The standard InChI is InChI=1S/C19H26N4O/c1-5-15(3)22-13-11-20-18(22)9-7-17(24)8-10-19-21-12-14-23(19)16(4)6-2/h7-16H,5-6H2,1-4H3/b9-7+,10-8+. The Labute approximate surface area is 143 Å². The summed E-state index contributed by atoms with van der Waals surface area (Å²) in [5, 5.41) is 0. The van der Waals surface area contributed by atoms with E-state index in [1.807, 2.05) is 12.4 Å². The first kappa shape index (κ1) is 17.9. The van der Waals surface area contributed by atoms with Crippen molar-refractivity contribution in [2.75, 3.05) is 0 Å². The Morgan fingerprint density at radius 3 is 1.75 bits per heavy atom. The zero-order valence-electron chi connectivity index (χ0n) is 14.9. The van der Waals surface area contributed by atoms with Crippen molar-refractivity contribution in [2.45, 2.75) is 52.6 Å². The maximum atomic E-state index is 12.1. The average Bonchev–Trinajstić information content (AvgIpc) is 3.25. The fourth-order valence-electron chi connectivity index (χ4n) is 2.42. The van der Waals surface area contributed by atoms with Gasteiger partial charge < -0.3 is 9.13 Å². The second-order valence-electron chi connectivity index (χ2n) is 5.97. The van der Waals surface area contributed by atoms with Crippen LogP contribution in [-0.4, -0.2) is 24.9 Å². The molecule has 2 aromatic rings. The van der Waals surface area contributed by atoms with E-state index >= 15 is 0 Å². The van der Waals surface area contributed by atoms with Crippen molar-refractivity contribution < 1.29 is 4.79 Å². The molecular weight excluding hydrogens is 300 g/mol. The maximum absolute atomic E-state index is 12.1. The van der Waals surface area contributed by atoms with Crippen LogP contribution in [0.2, 0.25) is 0 Å². The van der Waals surface area contributed by atoms with Gasteiger partial charge in [0.25, 0.3) is 0 Å². The third-order valence-corrected chi connectivity index (χ3v) is 4.32. The highest BCUT2D eigenvalue weighted by molar-refractivity contribution is 6.04.